The van der Waals surface area contributed by atoms with Crippen molar-refractivity contribution in [1.29, 1.82) is 0 Å². The van der Waals surface area contributed by atoms with Crippen molar-refractivity contribution in [2.75, 3.05) is 11.9 Å². The van der Waals surface area contributed by atoms with E-state index < -0.39 is 5.54 Å². The summed E-state index contributed by atoms with van der Waals surface area (Å²) >= 11 is 3.26. The Labute approximate surface area is 132 Å². The third kappa shape index (κ3) is 3.47. The van der Waals surface area contributed by atoms with Gasteiger partial charge in [-0.1, -0.05) is 12.1 Å². The maximum Gasteiger partial charge on any atom is 0.339 e. The van der Waals surface area contributed by atoms with Crippen molar-refractivity contribution in [2.24, 2.45) is 0 Å². The van der Waals surface area contributed by atoms with Gasteiger partial charge in [0.25, 0.3) is 0 Å². The van der Waals surface area contributed by atoms with Crippen molar-refractivity contribution in [1.82, 2.24) is 0 Å². The Morgan fingerprint density at radius 3 is 2.71 bits per heavy atom. The van der Waals surface area contributed by atoms with E-state index in [-0.39, 0.29) is 5.97 Å². The SMILES string of the molecule is CCOC(=O)C(C)(Nc1cccc(C)c1)c1ccc(Br)o1. The van der Waals surface area contributed by atoms with E-state index in [0.717, 1.165) is 11.3 Å². The molecule has 0 aliphatic carbocycles. The molecule has 2 rings (SSSR count). The number of aryl methyl sites for hydroxylation is 1. The zero-order chi connectivity index (χ0) is 15.5. The number of nitrogens with one attached hydrogen (secondary N) is 1. The molecule has 0 spiro atoms. The molecule has 0 aliphatic rings. The Morgan fingerprint density at radius 1 is 1.38 bits per heavy atom. The fourth-order valence-corrected chi connectivity index (χ4v) is 2.39. The first kappa shape index (κ1) is 15.6. The molecular formula is C16H18BrNO3. The number of rotatable bonds is 5. The Kier molecular flexibility index (Phi) is 4.73. The fourth-order valence-electron chi connectivity index (χ4n) is 2.08. The molecule has 5 heteroatoms. The Bertz CT molecular complexity index is 638. The van der Waals surface area contributed by atoms with E-state index in [2.05, 4.69) is 21.2 Å². The molecule has 4 nitrogen and oxygen atoms in total. The molecule has 0 amide bonds. The predicted molar refractivity (Wildman–Crippen MR) is 85.2 cm³/mol. The molecular weight excluding hydrogens is 334 g/mol. The van der Waals surface area contributed by atoms with Crippen molar-refractivity contribution in [3.8, 4) is 0 Å². The van der Waals surface area contributed by atoms with Crippen LogP contribution in [0.25, 0.3) is 0 Å². The summed E-state index contributed by atoms with van der Waals surface area (Å²) in [6.45, 7) is 5.84. The van der Waals surface area contributed by atoms with Crippen molar-refractivity contribution in [3.63, 3.8) is 0 Å². The summed E-state index contributed by atoms with van der Waals surface area (Å²) in [7, 11) is 0. The van der Waals surface area contributed by atoms with Crippen LogP contribution in [0.2, 0.25) is 0 Å². The molecule has 1 heterocycles. The number of benzene rings is 1. The summed E-state index contributed by atoms with van der Waals surface area (Å²) in [6, 6.07) is 11.3. The number of carbonyl (C=O) groups excluding carboxylic acids is 1. The van der Waals surface area contributed by atoms with Crippen LogP contribution in [0.1, 0.15) is 25.2 Å². The number of ether oxygens (including phenoxy) is 1. The van der Waals surface area contributed by atoms with Gasteiger partial charge in [-0.3, -0.25) is 0 Å². The maximum atomic E-state index is 12.4. The first-order valence-electron chi connectivity index (χ1n) is 6.73. The number of hydrogen-bond donors (Lipinski definition) is 1. The first-order valence-corrected chi connectivity index (χ1v) is 7.53. The normalized spacial score (nSPS) is 13.5. The molecule has 1 unspecified atom stereocenters. The highest BCUT2D eigenvalue weighted by Crippen LogP contribution is 2.31. The minimum Gasteiger partial charge on any atom is -0.464 e. The van der Waals surface area contributed by atoms with E-state index in [1.165, 1.54) is 0 Å². The molecule has 1 N–H and O–H groups in total. The van der Waals surface area contributed by atoms with E-state index in [0.29, 0.717) is 17.0 Å². The third-order valence-corrected chi connectivity index (χ3v) is 3.59. The summed E-state index contributed by atoms with van der Waals surface area (Å²) in [5.41, 5.74) is 0.848. The molecule has 0 bridgehead atoms. The van der Waals surface area contributed by atoms with Gasteiger partial charge in [0.15, 0.2) is 10.2 Å². The molecule has 0 radical (unpaired) electrons. The minimum absolute atomic E-state index is 0.311. The van der Waals surface area contributed by atoms with Crippen LogP contribution in [0, 0.1) is 6.92 Å². The molecule has 0 aliphatic heterocycles. The molecule has 112 valence electrons. The van der Waals surface area contributed by atoms with Crippen LogP contribution >= 0.6 is 15.9 Å². The minimum atomic E-state index is -1.09. The van der Waals surface area contributed by atoms with Gasteiger partial charge in [0.1, 0.15) is 5.76 Å². The van der Waals surface area contributed by atoms with Gasteiger partial charge in [0.05, 0.1) is 6.61 Å². The zero-order valence-electron chi connectivity index (χ0n) is 12.3. The Morgan fingerprint density at radius 2 is 2.14 bits per heavy atom. The van der Waals surface area contributed by atoms with Gasteiger partial charge in [-0.15, -0.1) is 0 Å². The summed E-state index contributed by atoms with van der Waals surface area (Å²) in [5, 5.41) is 3.22. The number of anilines is 1. The quantitative estimate of drug-likeness (QED) is 0.818. The molecule has 0 saturated carbocycles. The van der Waals surface area contributed by atoms with Gasteiger partial charge in [-0.05, 0) is 66.5 Å². The number of hydrogen-bond acceptors (Lipinski definition) is 4. The summed E-state index contributed by atoms with van der Waals surface area (Å²) < 4.78 is 11.3. The molecule has 2 aromatic rings. The highest BCUT2D eigenvalue weighted by Gasteiger charge is 2.40. The monoisotopic (exact) mass is 351 g/mol. The average Bonchev–Trinajstić information content (AvgIpc) is 2.86. The van der Waals surface area contributed by atoms with Crippen molar-refractivity contribution >= 4 is 27.6 Å². The largest absolute Gasteiger partial charge is 0.464 e. The lowest BCUT2D eigenvalue weighted by molar-refractivity contribution is -0.149. The van der Waals surface area contributed by atoms with Crippen molar-refractivity contribution in [3.05, 3.63) is 52.4 Å². The molecule has 0 saturated heterocycles. The maximum absolute atomic E-state index is 12.4. The second-order valence-electron chi connectivity index (χ2n) is 4.94. The topological polar surface area (TPSA) is 51.5 Å². The predicted octanol–water partition coefficient (Wildman–Crippen LogP) is 4.24. The highest BCUT2D eigenvalue weighted by molar-refractivity contribution is 9.10. The summed E-state index contributed by atoms with van der Waals surface area (Å²) in [4.78, 5) is 12.4. The van der Waals surface area contributed by atoms with E-state index >= 15 is 0 Å². The summed E-state index contributed by atoms with van der Waals surface area (Å²) in [6.07, 6.45) is 0. The van der Waals surface area contributed by atoms with Crippen LogP contribution in [0.15, 0.2) is 45.5 Å². The molecule has 0 fully saturated rings. The van der Waals surface area contributed by atoms with Gasteiger partial charge in [-0.25, -0.2) is 4.79 Å². The molecule has 21 heavy (non-hydrogen) atoms. The van der Waals surface area contributed by atoms with E-state index in [4.69, 9.17) is 9.15 Å². The van der Waals surface area contributed by atoms with Crippen molar-refractivity contribution in [2.45, 2.75) is 26.3 Å². The molecule has 1 aromatic heterocycles. The first-order chi connectivity index (χ1) is 9.95. The van der Waals surface area contributed by atoms with Crippen LogP contribution < -0.4 is 5.32 Å². The van der Waals surface area contributed by atoms with E-state index in [1.54, 1.807) is 26.0 Å². The van der Waals surface area contributed by atoms with Gasteiger partial charge < -0.3 is 14.5 Å². The Balaban J connectivity index is 2.38. The molecule has 1 aromatic carbocycles. The number of esters is 1. The lowest BCUT2D eigenvalue weighted by Gasteiger charge is -2.27. The number of furan rings is 1. The lowest BCUT2D eigenvalue weighted by atomic mass is 9.98. The van der Waals surface area contributed by atoms with E-state index in [9.17, 15) is 4.79 Å². The summed E-state index contributed by atoms with van der Waals surface area (Å²) in [5.74, 6) is 0.114. The van der Waals surface area contributed by atoms with Gasteiger partial charge >= 0.3 is 5.97 Å². The van der Waals surface area contributed by atoms with E-state index in [1.807, 2.05) is 31.2 Å². The van der Waals surface area contributed by atoms with Crippen LogP contribution in [-0.4, -0.2) is 12.6 Å². The van der Waals surface area contributed by atoms with Crippen LogP contribution in [0.5, 0.6) is 0 Å². The third-order valence-electron chi connectivity index (χ3n) is 3.16. The van der Waals surface area contributed by atoms with Crippen LogP contribution in [0.3, 0.4) is 0 Å². The molecule has 1 atom stereocenters. The fraction of sp³-hybridized carbons (Fsp3) is 0.312. The van der Waals surface area contributed by atoms with Gasteiger partial charge in [0.2, 0.25) is 0 Å². The lowest BCUT2D eigenvalue weighted by Crippen LogP contribution is -2.41. The second-order valence-corrected chi connectivity index (χ2v) is 5.73. The van der Waals surface area contributed by atoms with Crippen LogP contribution in [-0.2, 0) is 15.1 Å². The number of halogens is 1. The van der Waals surface area contributed by atoms with Crippen molar-refractivity contribution < 1.29 is 13.9 Å². The average molecular weight is 352 g/mol. The van der Waals surface area contributed by atoms with Crippen LogP contribution in [0.4, 0.5) is 5.69 Å². The highest BCUT2D eigenvalue weighted by atomic mass is 79.9. The Hall–Kier alpha value is -1.75. The zero-order valence-corrected chi connectivity index (χ0v) is 13.9. The van der Waals surface area contributed by atoms with Gasteiger partial charge in [0, 0.05) is 5.69 Å². The second kappa shape index (κ2) is 6.35. The smallest absolute Gasteiger partial charge is 0.339 e. The number of carbonyl (C=O) groups is 1. The standard InChI is InChI=1S/C16H18BrNO3/c1-4-20-15(19)16(3,13-8-9-14(17)21-13)18-12-7-5-6-11(2)10-12/h5-10,18H,4H2,1-3H3. The van der Waals surface area contributed by atoms with Gasteiger partial charge in [-0.2, -0.15) is 0 Å².